The van der Waals surface area contributed by atoms with Crippen LogP contribution in [0.15, 0.2) is 6.20 Å². The topological polar surface area (TPSA) is 58.2 Å². The number of aromatic amines is 1. The van der Waals surface area contributed by atoms with Crippen molar-refractivity contribution in [2.45, 2.75) is 19.0 Å². The molecule has 0 bridgehead atoms. The van der Waals surface area contributed by atoms with Gasteiger partial charge in [-0.3, -0.25) is 14.8 Å². The maximum Gasteiger partial charge on any atom is 0.307 e. The summed E-state index contributed by atoms with van der Waals surface area (Å²) in [5.74, 6) is -0.190. The summed E-state index contributed by atoms with van der Waals surface area (Å²) in [6.45, 7) is 0.841. The second-order valence-corrected chi connectivity index (χ2v) is 3.52. The number of esters is 1. The summed E-state index contributed by atoms with van der Waals surface area (Å²) in [4.78, 5) is 13.3. The molecule has 0 amide bonds. The molecule has 0 saturated carbocycles. The zero-order chi connectivity index (χ0) is 10.1. The number of carbonyl (C=O) groups excluding carboxylic acids is 1. The minimum absolute atomic E-state index is 0.0833. The Bertz CT molecular complexity index is 348. The van der Waals surface area contributed by atoms with Gasteiger partial charge in [0.2, 0.25) is 0 Å². The molecule has 0 fully saturated rings. The lowest BCUT2D eigenvalue weighted by Gasteiger charge is -2.18. The number of rotatable bonds is 2. The normalized spacial score (nSPS) is 20.9. The van der Waals surface area contributed by atoms with Crippen LogP contribution >= 0.6 is 0 Å². The Balaban J connectivity index is 2.16. The lowest BCUT2D eigenvalue weighted by Crippen LogP contribution is -2.21. The number of fused-ring (bicyclic) bond motifs is 1. The molecule has 2 rings (SSSR count). The molecule has 14 heavy (non-hydrogen) atoms. The number of carbonyl (C=O) groups is 1. The van der Waals surface area contributed by atoms with Gasteiger partial charge < -0.3 is 4.74 Å². The third-order valence-corrected chi connectivity index (χ3v) is 2.62. The van der Waals surface area contributed by atoms with Gasteiger partial charge in [0.05, 0.1) is 31.5 Å². The fourth-order valence-electron chi connectivity index (χ4n) is 1.83. The minimum Gasteiger partial charge on any atom is -0.469 e. The second kappa shape index (κ2) is 3.42. The molecule has 0 aliphatic carbocycles. The van der Waals surface area contributed by atoms with Crippen LogP contribution in [0.25, 0.3) is 0 Å². The number of nitrogens with zero attached hydrogens (tertiary/aromatic N) is 2. The first-order valence-corrected chi connectivity index (χ1v) is 4.51. The number of methoxy groups -OCH3 is 1. The molecule has 1 unspecified atom stereocenters. The maximum absolute atomic E-state index is 11.2. The van der Waals surface area contributed by atoms with Gasteiger partial charge >= 0.3 is 5.97 Å². The fourth-order valence-corrected chi connectivity index (χ4v) is 1.83. The number of H-pyrrole nitrogens is 1. The molecule has 0 aromatic carbocycles. The van der Waals surface area contributed by atoms with E-state index in [-0.39, 0.29) is 12.0 Å². The molecule has 5 nitrogen and oxygen atoms in total. The van der Waals surface area contributed by atoms with Gasteiger partial charge in [-0.2, -0.15) is 5.10 Å². The molecular formula is C9H13N3O2. The molecular weight excluding hydrogens is 182 g/mol. The van der Waals surface area contributed by atoms with E-state index in [1.54, 1.807) is 0 Å². The van der Waals surface area contributed by atoms with Crippen LogP contribution in [0.3, 0.4) is 0 Å². The van der Waals surface area contributed by atoms with Crippen molar-refractivity contribution in [3.8, 4) is 0 Å². The highest BCUT2D eigenvalue weighted by Crippen LogP contribution is 2.32. The molecule has 1 aliphatic heterocycles. The molecule has 76 valence electrons. The summed E-state index contributed by atoms with van der Waals surface area (Å²) < 4.78 is 4.65. The smallest absolute Gasteiger partial charge is 0.307 e. The molecule has 0 radical (unpaired) electrons. The molecule has 1 N–H and O–H groups in total. The van der Waals surface area contributed by atoms with Crippen LogP contribution in [-0.4, -0.2) is 35.2 Å². The Hall–Kier alpha value is -1.36. The summed E-state index contributed by atoms with van der Waals surface area (Å²) in [7, 11) is 3.40. The molecule has 1 aromatic rings. The van der Waals surface area contributed by atoms with Crippen molar-refractivity contribution in [2.75, 3.05) is 14.2 Å². The van der Waals surface area contributed by atoms with Crippen LogP contribution in [0.2, 0.25) is 0 Å². The standard InChI is InChI=1S/C9H13N3O2/c1-12-5-6-4-10-11-9(6)7(12)3-8(13)14-2/h4,7H,3,5H2,1-2H3,(H,10,11). The monoisotopic (exact) mass is 195 g/mol. The number of hydrogen-bond acceptors (Lipinski definition) is 4. The molecule has 1 aromatic heterocycles. The van der Waals surface area contributed by atoms with Gasteiger partial charge in [0.15, 0.2) is 0 Å². The van der Waals surface area contributed by atoms with E-state index in [9.17, 15) is 4.79 Å². The summed E-state index contributed by atoms with van der Waals surface area (Å²) in [6, 6.07) is 0.0833. The van der Waals surface area contributed by atoms with E-state index in [4.69, 9.17) is 0 Å². The van der Waals surface area contributed by atoms with Crippen LogP contribution in [0.1, 0.15) is 23.7 Å². The van der Waals surface area contributed by atoms with Crippen LogP contribution in [0, 0.1) is 0 Å². The molecule has 1 atom stereocenters. The summed E-state index contributed by atoms with van der Waals surface area (Å²) >= 11 is 0. The van der Waals surface area contributed by atoms with Gasteiger partial charge in [0.1, 0.15) is 0 Å². The van der Waals surface area contributed by atoms with Crippen molar-refractivity contribution in [3.05, 3.63) is 17.5 Å². The van der Waals surface area contributed by atoms with Gasteiger partial charge in [-0.1, -0.05) is 0 Å². The Morgan fingerprint density at radius 1 is 1.86 bits per heavy atom. The largest absolute Gasteiger partial charge is 0.469 e. The molecule has 5 heteroatoms. The van der Waals surface area contributed by atoms with Gasteiger partial charge in [-0.15, -0.1) is 0 Å². The highest BCUT2D eigenvalue weighted by atomic mass is 16.5. The van der Waals surface area contributed by atoms with Gasteiger partial charge in [-0.25, -0.2) is 0 Å². The zero-order valence-corrected chi connectivity index (χ0v) is 8.28. The van der Waals surface area contributed by atoms with E-state index >= 15 is 0 Å². The third-order valence-electron chi connectivity index (χ3n) is 2.62. The van der Waals surface area contributed by atoms with E-state index < -0.39 is 0 Å². The Morgan fingerprint density at radius 3 is 3.36 bits per heavy atom. The molecule has 1 aliphatic rings. The second-order valence-electron chi connectivity index (χ2n) is 3.52. The number of hydrogen-bond donors (Lipinski definition) is 1. The Morgan fingerprint density at radius 2 is 2.64 bits per heavy atom. The highest BCUT2D eigenvalue weighted by Gasteiger charge is 2.31. The van der Waals surface area contributed by atoms with E-state index in [1.807, 2.05) is 13.2 Å². The third kappa shape index (κ3) is 1.39. The predicted molar refractivity (Wildman–Crippen MR) is 49.4 cm³/mol. The van der Waals surface area contributed by atoms with Gasteiger partial charge in [-0.05, 0) is 7.05 Å². The summed E-state index contributed by atoms with van der Waals surface area (Å²) in [5.41, 5.74) is 2.21. The van der Waals surface area contributed by atoms with E-state index in [2.05, 4.69) is 19.8 Å². The number of aromatic nitrogens is 2. The lowest BCUT2D eigenvalue weighted by molar-refractivity contribution is -0.142. The number of nitrogens with one attached hydrogen (secondary N) is 1. The van der Waals surface area contributed by atoms with E-state index in [0.29, 0.717) is 6.42 Å². The van der Waals surface area contributed by atoms with Gasteiger partial charge in [0, 0.05) is 12.1 Å². The van der Waals surface area contributed by atoms with Crippen LogP contribution < -0.4 is 0 Å². The van der Waals surface area contributed by atoms with E-state index in [0.717, 1.165) is 12.2 Å². The van der Waals surface area contributed by atoms with Crippen molar-refractivity contribution < 1.29 is 9.53 Å². The summed E-state index contributed by atoms with van der Waals surface area (Å²) in [5, 5.41) is 6.89. The first-order chi connectivity index (χ1) is 6.72. The van der Waals surface area contributed by atoms with E-state index in [1.165, 1.54) is 12.7 Å². The quantitative estimate of drug-likeness (QED) is 0.696. The molecule has 0 spiro atoms. The summed E-state index contributed by atoms with van der Waals surface area (Å²) in [6.07, 6.45) is 2.19. The molecule has 0 saturated heterocycles. The van der Waals surface area contributed by atoms with Crippen molar-refractivity contribution in [1.82, 2.24) is 15.1 Å². The Kier molecular flexibility index (Phi) is 2.25. The highest BCUT2D eigenvalue weighted by molar-refractivity contribution is 5.70. The van der Waals surface area contributed by atoms with Crippen LogP contribution in [-0.2, 0) is 16.1 Å². The number of ether oxygens (including phenoxy) is 1. The average Bonchev–Trinajstić information content (AvgIpc) is 2.70. The maximum atomic E-state index is 11.2. The van der Waals surface area contributed by atoms with Crippen molar-refractivity contribution >= 4 is 5.97 Å². The zero-order valence-electron chi connectivity index (χ0n) is 8.28. The van der Waals surface area contributed by atoms with Crippen LogP contribution in [0.5, 0.6) is 0 Å². The van der Waals surface area contributed by atoms with Crippen molar-refractivity contribution in [2.24, 2.45) is 0 Å². The first-order valence-electron chi connectivity index (χ1n) is 4.51. The Labute approximate surface area is 82.0 Å². The average molecular weight is 195 g/mol. The SMILES string of the molecule is COC(=O)CC1c2[nH]ncc2CN1C. The minimum atomic E-state index is -0.190. The van der Waals surface area contributed by atoms with Crippen molar-refractivity contribution in [1.29, 1.82) is 0 Å². The van der Waals surface area contributed by atoms with Crippen molar-refractivity contribution in [3.63, 3.8) is 0 Å². The lowest BCUT2D eigenvalue weighted by atomic mass is 10.1. The molecule has 2 heterocycles. The van der Waals surface area contributed by atoms with Gasteiger partial charge in [0.25, 0.3) is 0 Å². The fraction of sp³-hybridized carbons (Fsp3) is 0.556. The van der Waals surface area contributed by atoms with Crippen LogP contribution in [0.4, 0.5) is 0 Å². The first kappa shape index (κ1) is 9.21. The predicted octanol–water partition coefficient (Wildman–Crippen LogP) is 0.459.